The summed E-state index contributed by atoms with van der Waals surface area (Å²) >= 11 is 0. The molecule has 5 heteroatoms. The molecule has 0 spiro atoms. The van der Waals surface area contributed by atoms with Crippen LogP contribution in [0.15, 0.2) is 43.0 Å². The Hall–Kier alpha value is -2.69. The zero-order chi connectivity index (χ0) is 14.1. The molecule has 0 N–H and O–H groups in total. The number of carbonyl (C=O) groups is 1. The van der Waals surface area contributed by atoms with Crippen LogP contribution >= 0.6 is 0 Å². The van der Waals surface area contributed by atoms with E-state index in [0.29, 0.717) is 22.4 Å². The lowest BCUT2D eigenvalue weighted by Gasteiger charge is -2.07. The summed E-state index contributed by atoms with van der Waals surface area (Å²) in [6.45, 7) is 1.94. The summed E-state index contributed by atoms with van der Waals surface area (Å²) < 4.78 is 6.90. The van der Waals surface area contributed by atoms with Gasteiger partial charge < -0.3 is 4.74 Å². The minimum atomic E-state index is -0.117. The fraction of sp³-hybridized carbons (Fsp3) is 0.133. The predicted molar refractivity (Wildman–Crippen MR) is 74.2 cm³/mol. The van der Waals surface area contributed by atoms with Crippen LogP contribution in [0, 0.1) is 6.92 Å². The first-order valence-electron chi connectivity index (χ1n) is 6.17. The Morgan fingerprint density at radius 3 is 2.90 bits per heavy atom. The van der Waals surface area contributed by atoms with Crippen LogP contribution in [0.1, 0.15) is 21.5 Å². The number of aromatic nitrogens is 3. The number of hydrogen-bond acceptors (Lipinski definition) is 4. The molecule has 2 heterocycles. The molecule has 3 rings (SSSR count). The molecule has 0 saturated heterocycles. The van der Waals surface area contributed by atoms with Crippen molar-refractivity contribution >= 4 is 11.3 Å². The molecule has 0 radical (unpaired) electrons. The van der Waals surface area contributed by atoms with Gasteiger partial charge in [0.05, 0.1) is 36.1 Å². The summed E-state index contributed by atoms with van der Waals surface area (Å²) in [5.41, 5.74) is 2.73. The Bertz CT molecular complexity index is 793. The molecule has 0 aliphatic heterocycles. The van der Waals surface area contributed by atoms with Crippen molar-refractivity contribution in [2.24, 2.45) is 0 Å². The fourth-order valence-electron chi connectivity index (χ4n) is 2.15. The maximum Gasteiger partial charge on any atom is 0.200 e. The van der Waals surface area contributed by atoms with Crippen LogP contribution in [0.5, 0.6) is 5.75 Å². The molecule has 20 heavy (non-hydrogen) atoms. The number of aryl methyl sites for hydroxylation is 1. The molecule has 3 aromatic rings. The van der Waals surface area contributed by atoms with E-state index >= 15 is 0 Å². The van der Waals surface area contributed by atoms with Gasteiger partial charge in [0.1, 0.15) is 5.75 Å². The van der Waals surface area contributed by atoms with E-state index in [-0.39, 0.29) is 5.78 Å². The van der Waals surface area contributed by atoms with Gasteiger partial charge in [-0.3, -0.25) is 9.78 Å². The van der Waals surface area contributed by atoms with Gasteiger partial charge in [-0.2, -0.15) is 5.10 Å². The second-order valence-corrected chi connectivity index (χ2v) is 4.50. The second kappa shape index (κ2) is 4.77. The number of carbonyl (C=O) groups excluding carboxylic acids is 1. The maximum atomic E-state index is 12.7. The van der Waals surface area contributed by atoms with Gasteiger partial charge in [-0.15, -0.1) is 0 Å². The number of ketones is 1. The summed E-state index contributed by atoms with van der Waals surface area (Å²) in [5, 5.41) is 4.16. The minimum Gasteiger partial charge on any atom is -0.496 e. The molecule has 2 aromatic heterocycles. The zero-order valence-electron chi connectivity index (χ0n) is 11.2. The highest BCUT2D eigenvalue weighted by Crippen LogP contribution is 2.24. The standard InChI is InChI=1S/C15H13N3O2/c1-10-3-4-14(20-2)11(7-10)15(19)12-8-17-18-6-5-16-9-13(12)18/h3-9H,1-2H3. The van der Waals surface area contributed by atoms with Crippen LogP contribution < -0.4 is 4.74 Å². The predicted octanol–water partition coefficient (Wildman–Crippen LogP) is 2.28. The first kappa shape index (κ1) is 12.3. The van der Waals surface area contributed by atoms with Gasteiger partial charge in [0, 0.05) is 12.4 Å². The molecule has 0 aliphatic rings. The van der Waals surface area contributed by atoms with Crippen molar-refractivity contribution in [1.29, 1.82) is 0 Å². The van der Waals surface area contributed by atoms with Crippen LogP contribution in [0.3, 0.4) is 0 Å². The summed E-state index contributed by atoms with van der Waals surface area (Å²) in [6.07, 6.45) is 6.52. The number of methoxy groups -OCH3 is 1. The number of rotatable bonds is 3. The van der Waals surface area contributed by atoms with E-state index in [0.717, 1.165) is 5.56 Å². The van der Waals surface area contributed by atoms with E-state index < -0.39 is 0 Å². The fourth-order valence-corrected chi connectivity index (χ4v) is 2.15. The van der Waals surface area contributed by atoms with Crippen molar-refractivity contribution in [3.8, 4) is 5.75 Å². The van der Waals surface area contributed by atoms with Crippen LogP contribution in [0.2, 0.25) is 0 Å². The molecule has 0 bridgehead atoms. The average Bonchev–Trinajstić information content (AvgIpc) is 2.90. The smallest absolute Gasteiger partial charge is 0.200 e. The molecule has 5 nitrogen and oxygen atoms in total. The molecule has 0 saturated carbocycles. The first-order chi connectivity index (χ1) is 9.70. The Morgan fingerprint density at radius 1 is 1.25 bits per heavy atom. The molecule has 0 atom stereocenters. The first-order valence-corrected chi connectivity index (χ1v) is 6.17. The van der Waals surface area contributed by atoms with Gasteiger partial charge in [-0.25, -0.2) is 4.52 Å². The SMILES string of the molecule is COc1ccc(C)cc1C(=O)c1cnn2ccncc12. The van der Waals surface area contributed by atoms with Gasteiger partial charge in [0.15, 0.2) is 0 Å². The van der Waals surface area contributed by atoms with Crippen LogP contribution in [-0.2, 0) is 0 Å². The lowest BCUT2D eigenvalue weighted by atomic mass is 10.0. The number of benzene rings is 1. The van der Waals surface area contributed by atoms with E-state index in [4.69, 9.17) is 4.74 Å². The van der Waals surface area contributed by atoms with Gasteiger partial charge in [-0.05, 0) is 19.1 Å². The number of ether oxygens (including phenoxy) is 1. The third kappa shape index (κ3) is 1.93. The van der Waals surface area contributed by atoms with Crippen molar-refractivity contribution in [1.82, 2.24) is 14.6 Å². The van der Waals surface area contributed by atoms with E-state index in [1.54, 1.807) is 42.5 Å². The number of hydrogen-bond donors (Lipinski definition) is 0. The maximum absolute atomic E-state index is 12.7. The van der Waals surface area contributed by atoms with E-state index in [9.17, 15) is 4.79 Å². The van der Waals surface area contributed by atoms with Gasteiger partial charge in [0.2, 0.25) is 5.78 Å². The van der Waals surface area contributed by atoms with Crippen molar-refractivity contribution in [3.05, 3.63) is 59.7 Å². The normalized spacial score (nSPS) is 10.7. The summed E-state index contributed by atoms with van der Waals surface area (Å²) in [6, 6.07) is 5.53. The lowest BCUT2D eigenvalue weighted by Crippen LogP contribution is -2.04. The molecular formula is C15H13N3O2. The van der Waals surface area contributed by atoms with Crippen LogP contribution in [0.4, 0.5) is 0 Å². The Balaban J connectivity index is 2.15. The number of nitrogens with zero attached hydrogens (tertiary/aromatic N) is 3. The minimum absolute atomic E-state index is 0.117. The summed E-state index contributed by atoms with van der Waals surface area (Å²) in [5.74, 6) is 0.442. The molecule has 0 fully saturated rings. The van der Waals surface area contributed by atoms with E-state index in [1.807, 2.05) is 19.1 Å². The highest BCUT2D eigenvalue weighted by Gasteiger charge is 2.18. The Morgan fingerprint density at radius 2 is 2.10 bits per heavy atom. The van der Waals surface area contributed by atoms with Gasteiger partial charge in [-0.1, -0.05) is 11.6 Å². The summed E-state index contributed by atoms with van der Waals surface area (Å²) in [7, 11) is 1.55. The second-order valence-electron chi connectivity index (χ2n) is 4.50. The van der Waals surface area contributed by atoms with Crippen molar-refractivity contribution < 1.29 is 9.53 Å². The van der Waals surface area contributed by atoms with E-state index in [1.165, 1.54) is 0 Å². The van der Waals surface area contributed by atoms with Crippen molar-refractivity contribution in [3.63, 3.8) is 0 Å². The highest BCUT2D eigenvalue weighted by molar-refractivity contribution is 6.14. The van der Waals surface area contributed by atoms with Gasteiger partial charge in [0.25, 0.3) is 0 Å². The number of fused-ring (bicyclic) bond motifs is 1. The topological polar surface area (TPSA) is 56.5 Å². The third-order valence-corrected chi connectivity index (χ3v) is 3.17. The monoisotopic (exact) mass is 267 g/mol. The molecule has 0 aliphatic carbocycles. The van der Waals surface area contributed by atoms with Crippen LogP contribution in [0.25, 0.3) is 5.52 Å². The lowest BCUT2D eigenvalue weighted by molar-refractivity contribution is 0.103. The quantitative estimate of drug-likeness (QED) is 0.683. The summed E-state index contributed by atoms with van der Waals surface area (Å²) in [4.78, 5) is 16.7. The average molecular weight is 267 g/mol. The molecule has 100 valence electrons. The van der Waals surface area contributed by atoms with Crippen molar-refractivity contribution in [2.75, 3.05) is 7.11 Å². The third-order valence-electron chi connectivity index (χ3n) is 3.17. The van der Waals surface area contributed by atoms with E-state index in [2.05, 4.69) is 10.1 Å². The van der Waals surface area contributed by atoms with Crippen molar-refractivity contribution in [2.45, 2.75) is 6.92 Å². The molecular weight excluding hydrogens is 254 g/mol. The molecule has 0 amide bonds. The Kier molecular flexibility index (Phi) is 2.95. The largest absolute Gasteiger partial charge is 0.496 e. The molecule has 1 aromatic carbocycles. The highest BCUT2D eigenvalue weighted by atomic mass is 16.5. The zero-order valence-corrected chi connectivity index (χ0v) is 11.2. The Labute approximate surface area is 115 Å². The molecule has 0 unspecified atom stereocenters. The van der Waals surface area contributed by atoms with Crippen LogP contribution in [-0.4, -0.2) is 27.5 Å². The van der Waals surface area contributed by atoms with Gasteiger partial charge >= 0.3 is 0 Å².